The fourth-order valence-corrected chi connectivity index (χ4v) is 4.55. The monoisotopic (exact) mass is 268 g/mol. The summed E-state index contributed by atoms with van der Waals surface area (Å²) in [6, 6.07) is 0.546. The van der Waals surface area contributed by atoms with Crippen LogP contribution >= 0.6 is 11.8 Å². The van der Waals surface area contributed by atoms with Crippen LogP contribution in [0.15, 0.2) is 4.99 Å². The molecule has 0 aromatic heterocycles. The second-order valence-corrected chi connectivity index (χ2v) is 7.19. The summed E-state index contributed by atoms with van der Waals surface area (Å²) >= 11 is 1.92. The number of thioether (sulfide) groups is 1. The first kappa shape index (κ1) is 12.8. The number of nitrogens with one attached hydrogen (secondary N) is 1. The first-order valence-corrected chi connectivity index (χ1v) is 8.24. The highest BCUT2D eigenvalue weighted by molar-refractivity contribution is 8.14. The first-order chi connectivity index (χ1) is 8.69. The van der Waals surface area contributed by atoms with Gasteiger partial charge in [-0.05, 0) is 37.5 Å². The molecule has 2 saturated heterocycles. The molecule has 3 rings (SSSR count). The largest absolute Gasteiger partial charge is 0.381 e. The van der Waals surface area contributed by atoms with Crippen LogP contribution in [-0.2, 0) is 4.74 Å². The minimum Gasteiger partial charge on any atom is -0.381 e. The van der Waals surface area contributed by atoms with Crippen molar-refractivity contribution in [3.05, 3.63) is 0 Å². The number of amidine groups is 1. The Kier molecular flexibility index (Phi) is 3.59. The van der Waals surface area contributed by atoms with Gasteiger partial charge in [-0.2, -0.15) is 0 Å². The van der Waals surface area contributed by atoms with Crippen LogP contribution in [0.1, 0.15) is 39.5 Å². The number of rotatable bonds is 1. The van der Waals surface area contributed by atoms with Gasteiger partial charge in [-0.3, -0.25) is 4.99 Å². The molecule has 18 heavy (non-hydrogen) atoms. The van der Waals surface area contributed by atoms with Crippen LogP contribution in [0.4, 0.5) is 0 Å². The van der Waals surface area contributed by atoms with Gasteiger partial charge in [0.05, 0.1) is 11.6 Å². The zero-order valence-corrected chi connectivity index (χ0v) is 12.3. The van der Waals surface area contributed by atoms with Crippen LogP contribution in [0.3, 0.4) is 0 Å². The van der Waals surface area contributed by atoms with Crippen LogP contribution in [0.2, 0.25) is 0 Å². The van der Waals surface area contributed by atoms with E-state index in [9.17, 15) is 0 Å². The average molecular weight is 268 g/mol. The van der Waals surface area contributed by atoms with Gasteiger partial charge >= 0.3 is 0 Å². The van der Waals surface area contributed by atoms with E-state index in [1.807, 2.05) is 11.8 Å². The Bertz CT molecular complexity index is 339. The predicted octanol–water partition coefficient (Wildman–Crippen LogP) is 2.66. The van der Waals surface area contributed by atoms with Crippen molar-refractivity contribution in [1.82, 2.24) is 5.32 Å². The van der Waals surface area contributed by atoms with E-state index < -0.39 is 0 Å². The number of hydrogen-bond donors (Lipinski definition) is 1. The average Bonchev–Trinajstić information content (AvgIpc) is 2.90. The van der Waals surface area contributed by atoms with Crippen molar-refractivity contribution in [1.29, 1.82) is 0 Å². The van der Waals surface area contributed by atoms with E-state index in [0.29, 0.717) is 6.04 Å². The summed E-state index contributed by atoms with van der Waals surface area (Å²) in [4.78, 5) is 4.98. The third kappa shape index (κ3) is 2.42. The normalized spacial score (nSPS) is 41.4. The third-order valence-electron chi connectivity index (χ3n) is 5.01. The highest BCUT2D eigenvalue weighted by Crippen LogP contribution is 2.36. The Morgan fingerprint density at radius 3 is 2.72 bits per heavy atom. The summed E-state index contributed by atoms with van der Waals surface area (Å²) in [5, 5.41) is 4.90. The minimum atomic E-state index is 0.287. The van der Waals surface area contributed by atoms with E-state index in [1.165, 1.54) is 23.8 Å². The molecule has 0 aromatic carbocycles. The van der Waals surface area contributed by atoms with Gasteiger partial charge in [0.1, 0.15) is 0 Å². The molecule has 0 aromatic rings. The molecule has 1 aliphatic carbocycles. The molecule has 2 heterocycles. The van der Waals surface area contributed by atoms with E-state index in [0.717, 1.165) is 37.9 Å². The molecule has 0 radical (unpaired) electrons. The first-order valence-electron chi connectivity index (χ1n) is 7.25. The van der Waals surface area contributed by atoms with Gasteiger partial charge in [0, 0.05) is 19.0 Å². The van der Waals surface area contributed by atoms with Gasteiger partial charge in [-0.1, -0.05) is 25.6 Å². The zero-order valence-electron chi connectivity index (χ0n) is 11.4. The molecule has 0 bridgehead atoms. The molecule has 3 nitrogen and oxygen atoms in total. The molecule has 1 saturated carbocycles. The second-order valence-electron chi connectivity index (χ2n) is 6.22. The Hall–Kier alpha value is -0.220. The number of nitrogens with zero attached hydrogens (tertiary/aromatic N) is 1. The summed E-state index contributed by atoms with van der Waals surface area (Å²) in [7, 11) is 0. The van der Waals surface area contributed by atoms with Crippen LogP contribution < -0.4 is 5.32 Å². The van der Waals surface area contributed by atoms with Crippen LogP contribution in [0.5, 0.6) is 0 Å². The molecule has 4 heteroatoms. The Morgan fingerprint density at radius 2 is 2.06 bits per heavy atom. The zero-order chi connectivity index (χ0) is 12.6. The van der Waals surface area contributed by atoms with Crippen molar-refractivity contribution in [2.75, 3.05) is 19.0 Å². The lowest BCUT2D eigenvalue weighted by atomic mass is 9.93. The predicted molar refractivity (Wildman–Crippen MR) is 77.2 cm³/mol. The second kappa shape index (κ2) is 5.04. The van der Waals surface area contributed by atoms with E-state index in [4.69, 9.17) is 9.73 Å². The number of aliphatic imine (C=N–C) groups is 1. The fraction of sp³-hybridized carbons (Fsp3) is 0.929. The van der Waals surface area contributed by atoms with Gasteiger partial charge in [-0.15, -0.1) is 0 Å². The summed E-state index contributed by atoms with van der Waals surface area (Å²) in [6.45, 7) is 6.52. The quantitative estimate of drug-likeness (QED) is 0.794. The number of hydrogen-bond acceptors (Lipinski definition) is 3. The van der Waals surface area contributed by atoms with Crippen molar-refractivity contribution < 1.29 is 4.74 Å². The standard InChI is InChI=1S/C14H24N2OS/c1-10-3-4-12(11(10)2)15-13-16-14(9-18-13)5-7-17-8-6-14/h10-12H,3-9H2,1-2H3,(H,15,16). The van der Waals surface area contributed by atoms with Gasteiger partial charge in [0.25, 0.3) is 0 Å². The fourth-order valence-electron chi connectivity index (χ4n) is 3.28. The van der Waals surface area contributed by atoms with Crippen molar-refractivity contribution in [3.63, 3.8) is 0 Å². The maximum absolute atomic E-state index is 5.47. The minimum absolute atomic E-state index is 0.287. The number of ether oxygens (including phenoxy) is 1. The van der Waals surface area contributed by atoms with Gasteiger partial charge in [0.2, 0.25) is 0 Å². The molecule has 3 atom stereocenters. The lowest BCUT2D eigenvalue weighted by Crippen LogP contribution is -2.48. The smallest absolute Gasteiger partial charge is 0.157 e. The van der Waals surface area contributed by atoms with Crippen molar-refractivity contribution in [2.24, 2.45) is 16.8 Å². The van der Waals surface area contributed by atoms with E-state index in [2.05, 4.69) is 19.2 Å². The van der Waals surface area contributed by atoms with E-state index in [-0.39, 0.29) is 5.54 Å². The third-order valence-corrected chi connectivity index (χ3v) is 6.19. The molecule has 3 fully saturated rings. The van der Waals surface area contributed by atoms with Gasteiger partial charge < -0.3 is 10.1 Å². The summed E-state index contributed by atoms with van der Waals surface area (Å²) in [5.74, 6) is 2.75. The summed E-state index contributed by atoms with van der Waals surface area (Å²) in [6.07, 6.45) is 4.88. The molecular weight excluding hydrogens is 244 g/mol. The highest BCUT2D eigenvalue weighted by Gasteiger charge is 2.39. The Morgan fingerprint density at radius 1 is 1.28 bits per heavy atom. The van der Waals surface area contributed by atoms with Gasteiger partial charge in [-0.25, -0.2) is 0 Å². The Labute approximate surface area is 114 Å². The van der Waals surface area contributed by atoms with Gasteiger partial charge in [0.15, 0.2) is 5.17 Å². The molecule has 1 N–H and O–H groups in total. The maximum atomic E-state index is 5.47. The molecular formula is C14H24N2OS. The SMILES string of the molecule is CC1CCC(N=C2NC3(CCOCC3)CS2)C1C. The van der Waals surface area contributed by atoms with Crippen LogP contribution in [-0.4, -0.2) is 35.7 Å². The highest BCUT2D eigenvalue weighted by atomic mass is 32.2. The Balaban J connectivity index is 1.64. The van der Waals surface area contributed by atoms with Crippen molar-refractivity contribution in [2.45, 2.75) is 51.1 Å². The lowest BCUT2D eigenvalue weighted by Gasteiger charge is -2.32. The summed E-state index contributed by atoms with van der Waals surface area (Å²) in [5.41, 5.74) is 0.287. The van der Waals surface area contributed by atoms with E-state index >= 15 is 0 Å². The van der Waals surface area contributed by atoms with Crippen molar-refractivity contribution in [3.8, 4) is 0 Å². The molecule has 1 spiro atoms. The van der Waals surface area contributed by atoms with Crippen molar-refractivity contribution >= 4 is 16.9 Å². The van der Waals surface area contributed by atoms with E-state index in [1.54, 1.807) is 0 Å². The molecule has 102 valence electrons. The molecule has 0 amide bonds. The molecule has 2 aliphatic heterocycles. The van der Waals surface area contributed by atoms with Crippen LogP contribution in [0, 0.1) is 11.8 Å². The lowest BCUT2D eigenvalue weighted by molar-refractivity contribution is 0.0555. The summed E-state index contributed by atoms with van der Waals surface area (Å²) < 4.78 is 5.47. The maximum Gasteiger partial charge on any atom is 0.157 e. The molecule has 3 unspecified atom stereocenters. The molecule has 3 aliphatic rings. The topological polar surface area (TPSA) is 33.6 Å². The van der Waals surface area contributed by atoms with Crippen LogP contribution in [0.25, 0.3) is 0 Å².